The molecule has 0 amide bonds. The van der Waals surface area contributed by atoms with Gasteiger partial charge < -0.3 is 5.11 Å². The number of aliphatic hydroxyl groups excluding tert-OH is 1. The second-order valence-corrected chi connectivity index (χ2v) is 5.40. The average Bonchev–Trinajstić information content (AvgIpc) is 2.22. The fourth-order valence-corrected chi connectivity index (χ4v) is 2.38. The van der Waals surface area contributed by atoms with Crippen LogP contribution >= 0.6 is 22.6 Å². The molecule has 1 aromatic rings. The molecule has 0 spiro atoms. The number of piperidine rings is 1. The van der Waals surface area contributed by atoms with Gasteiger partial charge in [0, 0.05) is 16.7 Å². The number of likely N-dealkylation sites (tertiary alicyclic amines) is 1. The van der Waals surface area contributed by atoms with Crippen molar-refractivity contribution in [2.24, 2.45) is 0 Å². The largest absolute Gasteiger partial charge is 0.392 e. The summed E-state index contributed by atoms with van der Waals surface area (Å²) in [6, 6.07) is 8.61. The molecule has 2 rings (SSSR count). The number of halogens is 1. The summed E-state index contributed by atoms with van der Waals surface area (Å²) in [4.78, 5) is 2.33. The molecule has 0 saturated carbocycles. The van der Waals surface area contributed by atoms with Crippen LogP contribution in [-0.4, -0.2) is 29.2 Å². The summed E-state index contributed by atoms with van der Waals surface area (Å²) < 4.78 is 1.27. The summed E-state index contributed by atoms with van der Waals surface area (Å²) in [5, 5.41) is 9.56. The topological polar surface area (TPSA) is 23.5 Å². The van der Waals surface area contributed by atoms with E-state index in [0.29, 0.717) is 0 Å². The average molecular weight is 317 g/mol. The Morgan fingerprint density at radius 1 is 1.33 bits per heavy atom. The maximum atomic E-state index is 9.56. The standard InChI is InChI=1S/C12H16INO/c13-11-5-3-10(4-6-11)8-14-7-1-2-12(15)9-14/h3-6,12,15H,1-2,7-9H2. The second kappa shape index (κ2) is 5.27. The van der Waals surface area contributed by atoms with Gasteiger partial charge in [-0.2, -0.15) is 0 Å². The molecule has 1 aliphatic heterocycles. The van der Waals surface area contributed by atoms with Crippen molar-refractivity contribution >= 4 is 22.6 Å². The Bertz CT molecular complexity index is 312. The summed E-state index contributed by atoms with van der Waals surface area (Å²) in [5.74, 6) is 0. The van der Waals surface area contributed by atoms with Gasteiger partial charge in [0.15, 0.2) is 0 Å². The summed E-state index contributed by atoms with van der Waals surface area (Å²) in [6.45, 7) is 2.91. The first-order chi connectivity index (χ1) is 7.24. The molecule has 2 nitrogen and oxygen atoms in total. The van der Waals surface area contributed by atoms with Crippen LogP contribution in [0.5, 0.6) is 0 Å². The SMILES string of the molecule is OC1CCCN(Cc2ccc(I)cc2)C1. The highest BCUT2D eigenvalue weighted by Crippen LogP contribution is 2.14. The lowest BCUT2D eigenvalue weighted by Crippen LogP contribution is -2.37. The molecule has 0 aliphatic carbocycles. The molecule has 82 valence electrons. The van der Waals surface area contributed by atoms with Crippen LogP contribution in [-0.2, 0) is 6.54 Å². The highest BCUT2D eigenvalue weighted by molar-refractivity contribution is 14.1. The van der Waals surface area contributed by atoms with Crippen LogP contribution in [0.2, 0.25) is 0 Å². The highest BCUT2D eigenvalue weighted by Gasteiger charge is 2.17. The van der Waals surface area contributed by atoms with E-state index in [1.54, 1.807) is 0 Å². The fraction of sp³-hybridized carbons (Fsp3) is 0.500. The molecular weight excluding hydrogens is 301 g/mol. The molecule has 1 saturated heterocycles. The minimum Gasteiger partial charge on any atom is -0.392 e. The molecule has 0 aromatic heterocycles. The number of rotatable bonds is 2. The van der Waals surface area contributed by atoms with E-state index in [4.69, 9.17) is 0 Å². The van der Waals surface area contributed by atoms with Crippen molar-refractivity contribution in [3.05, 3.63) is 33.4 Å². The Morgan fingerprint density at radius 3 is 2.73 bits per heavy atom. The normalized spacial score (nSPS) is 22.9. The molecule has 1 fully saturated rings. The van der Waals surface area contributed by atoms with E-state index in [-0.39, 0.29) is 6.10 Å². The van der Waals surface area contributed by atoms with E-state index in [1.165, 1.54) is 9.13 Å². The van der Waals surface area contributed by atoms with E-state index in [1.807, 2.05) is 0 Å². The summed E-state index contributed by atoms with van der Waals surface area (Å²) in [6.07, 6.45) is 1.96. The number of hydrogen-bond donors (Lipinski definition) is 1. The monoisotopic (exact) mass is 317 g/mol. The van der Waals surface area contributed by atoms with Gasteiger partial charge in [0.1, 0.15) is 0 Å². The van der Waals surface area contributed by atoms with Gasteiger partial charge in [-0.1, -0.05) is 12.1 Å². The minimum absolute atomic E-state index is 0.123. The molecular formula is C12H16INO. The molecule has 15 heavy (non-hydrogen) atoms. The second-order valence-electron chi connectivity index (χ2n) is 4.16. The summed E-state index contributed by atoms with van der Waals surface area (Å²) in [7, 11) is 0. The van der Waals surface area contributed by atoms with Crippen LogP contribution in [0.15, 0.2) is 24.3 Å². The van der Waals surface area contributed by atoms with Crippen LogP contribution in [0.1, 0.15) is 18.4 Å². The first kappa shape index (κ1) is 11.4. The lowest BCUT2D eigenvalue weighted by atomic mass is 10.1. The molecule has 1 heterocycles. The quantitative estimate of drug-likeness (QED) is 0.846. The van der Waals surface area contributed by atoms with Gasteiger partial charge in [0.25, 0.3) is 0 Å². The van der Waals surface area contributed by atoms with Gasteiger partial charge in [-0.05, 0) is 59.7 Å². The summed E-state index contributed by atoms with van der Waals surface area (Å²) in [5.41, 5.74) is 1.34. The molecule has 0 radical (unpaired) electrons. The lowest BCUT2D eigenvalue weighted by molar-refractivity contribution is 0.0668. The maximum Gasteiger partial charge on any atom is 0.0667 e. The van der Waals surface area contributed by atoms with Gasteiger partial charge in [0.2, 0.25) is 0 Å². The predicted molar refractivity (Wildman–Crippen MR) is 69.7 cm³/mol. The fourth-order valence-electron chi connectivity index (χ4n) is 2.02. The molecule has 0 bridgehead atoms. The predicted octanol–water partition coefficient (Wildman–Crippen LogP) is 2.25. The number of hydrogen-bond acceptors (Lipinski definition) is 2. The van der Waals surface area contributed by atoms with Crippen LogP contribution in [0.3, 0.4) is 0 Å². The van der Waals surface area contributed by atoms with Crippen LogP contribution < -0.4 is 0 Å². The van der Waals surface area contributed by atoms with E-state index < -0.39 is 0 Å². The summed E-state index contributed by atoms with van der Waals surface area (Å²) >= 11 is 2.32. The van der Waals surface area contributed by atoms with Gasteiger partial charge in [0.05, 0.1) is 6.10 Å². The number of β-amino-alcohol motifs (C(OH)–C–C–N with tert-alkyl or cyclic N) is 1. The number of nitrogens with zero attached hydrogens (tertiary/aromatic N) is 1. The van der Waals surface area contributed by atoms with E-state index >= 15 is 0 Å². The Hall–Kier alpha value is -0.130. The van der Waals surface area contributed by atoms with Gasteiger partial charge >= 0.3 is 0 Å². The minimum atomic E-state index is -0.123. The van der Waals surface area contributed by atoms with Crippen molar-refractivity contribution in [1.82, 2.24) is 4.90 Å². The molecule has 1 aliphatic rings. The molecule has 1 atom stereocenters. The van der Waals surface area contributed by atoms with Crippen molar-refractivity contribution in [3.8, 4) is 0 Å². The molecule has 1 N–H and O–H groups in total. The first-order valence-corrected chi connectivity index (χ1v) is 6.47. The first-order valence-electron chi connectivity index (χ1n) is 5.39. The smallest absolute Gasteiger partial charge is 0.0667 e. The van der Waals surface area contributed by atoms with E-state index in [2.05, 4.69) is 51.8 Å². The van der Waals surface area contributed by atoms with Crippen LogP contribution in [0, 0.1) is 3.57 Å². The third kappa shape index (κ3) is 3.43. The van der Waals surface area contributed by atoms with E-state index in [0.717, 1.165) is 32.5 Å². The zero-order chi connectivity index (χ0) is 10.7. The third-order valence-corrected chi connectivity index (χ3v) is 3.52. The van der Waals surface area contributed by atoms with E-state index in [9.17, 15) is 5.11 Å². The Morgan fingerprint density at radius 2 is 2.07 bits per heavy atom. The molecule has 3 heteroatoms. The van der Waals surface area contributed by atoms with Gasteiger partial charge in [-0.3, -0.25) is 4.90 Å². The number of benzene rings is 1. The molecule has 1 unspecified atom stereocenters. The lowest BCUT2D eigenvalue weighted by Gasteiger charge is -2.29. The zero-order valence-electron chi connectivity index (χ0n) is 8.69. The Labute approximate surface area is 104 Å². The third-order valence-electron chi connectivity index (χ3n) is 2.80. The zero-order valence-corrected chi connectivity index (χ0v) is 10.9. The van der Waals surface area contributed by atoms with Gasteiger partial charge in [-0.25, -0.2) is 0 Å². The van der Waals surface area contributed by atoms with Crippen molar-refractivity contribution in [2.45, 2.75) is 25.5 Å². The Balaban J connectivity index is 1.93. The van der Waals surface area contributed by atoms with Crippen LogP contribution in [0.25, 0.3) is 0 Å². The maximum absolute atomic E-state index is 9.56. The van der Waals surface area contributed by atoms with Crippen molar-refractivity contribution < 1.29 is 5.11 Å². The number of aliphatic hydroxyl groups is 1. The van der Waals surface area contributed by atoms with Crippen molar-refractivity contribution in [1.29, 1.82) is 0 Å². The highest BCUT2D eigenvalue weighted by atomic mass is 127. The van der Waals surface area contributed by atoms with Crippen molar-refractivity contribution in [2.75, 3.05) is 13.1 Å². The van der Waals surface area contributed by atoms with Gasteiger partial charge in [-0.15, -0.1) is 0 Å². The van der Waals surface area contributed by atoms with Crippen molar-refractivity contribution in [3.63, 3.8) is 0 Å². The Kier molecular flexibility index (Phi) is 3.99. The molecule has 1 aromatic carbocycles. The van der Waals surface area contributed by atoms with Crippen LogP contribution in [0.4, 0.5) is 0 Å².